The summed E-state index contributed by atoms with van der Waals surface area (Å²) in [5.74, 6) is 1.09. The van der Waals surface area contributed by atoms with Crippen LogP contribution in [0.15, 0.2) is 60.7 Å². The van der Waals surface area contributed by atoms with Crippen LogP contribution in [0.5, 0.6) is 11.5 Å². The first-order chi connectivity index (χ1) is 14.6. The van der Waals surface area contributed by atoms with Crippen molar-refractivity contribution in [2.45, 2.75) is 13.0 Å². The summed E-state index contributed by atoms with van der Waals surface area (Å²) in [5.41, 5.74) is 1.89. The van der Waals surface area contributed by atoms with E-state index in [4.69, 9.17) is 9.47 Å². The van der Waals surface area contributed by atoms with Crippen molar-refractivity contribution in [1.82, 2.24) is 10.2 Å². The van der Waals surface area contributed by atoms with Crippen LogP contribution in [0.1, 0.15) is 11.1 Å². The third kappa shape index (κ3) is 4.54. The molecule has 154 valence electrons. The molecular formula is C24H24N2O4. The van der Waals surface area contributed by atoms with Crippen LogP contribution in [0.3, 0.4) is 0 Å². The first-order valence-electron chi connectivity index (χ1n) is 9.96. The fourth-order valence-electron chi connectivity index (χ4n) is 3.54. The van der Waals surface area contributed by atoms with E-state index in [0.717, 1.165) is 27.6 Å². The Hall–Kier alpha value is -3.54. The van der Waals surface area contributed by atoms with E-state index >= 15 is 0 Å². The van der Waals surface area contributed by atoms with Gasteiger partial charge in [-0.25, -0.2) is 0 Å². The predicted octanol–water partition coefficient (Wildman–Crippen LogP) is 2.93. The lowest BCUT2D eigenvalue weighted by Gasteiger charge is -2.21. The molecule has 0 spiro atoms. The lowest BCUT2D eigenvalue weighted by Crippen LogP contribution is -2.38. The summed E-state index contributed by atoms with van der Waals surface area (Å²) in [6, 6.07) is 19.5. The summed E-state index contributed by atoms with van der Waals surface area (Å²) in [4.78, 5) is 26.4. The zero-order valence-electron chi connectivity index (χ0n) is 16.9. The number of nitrogens with one attached hydrogen (secondary N) is 1. The molecule has 6 heteroatoms. The molecule has 30 heavy (non-hydrogen) atoms. The Kier molecular flexibility index (Phi) is 5.84. The number of rotatable bonds is 6. The van der Waals surface area contributed by atoms with Gasteiger partial charge in [-0.3, -0.25) is 9.59 Å². The van der Waals surface area contributed by atoms with Crippen molar-refractivity contribution >= 4 is 22.6 Å². The second-order valence-electron chi connectivity index (χ2n) is 7.32. The van der Waals surface area contributed by atoms with Crippen molar-refractivity contribution in [3.8, 4) is 11.5 Å². The normalized spacial score (nSPS) is 12.4. The van der Waals surface area contributed by atoms with Gasteiger partial charge >= 0.3 is 0 Å². The number of likely N-dealkylation sites (N-methyl/N-ethyl adjacent to an activating group) is 1. The number of nitrogens with zero attached hydrogens (tertiary/aromatic N) is 1. The zero-order chi connectivity index (χ0) is 20.9. The number of fused-ring (bicyclic) bond motifs is 2. The lowest BCUT2D eigenvalue weighted by molar-refractivity contribution is -0.132. The Morgan fingerprint density at radius 2 is 1.73 bits per heavy atom. The topological polar surface area (TPSA) is 67.9 Å². The number of amides is 2. The summed E-state index contributed by atoms with van der Waals surface area (Å²) < 4.78 is 11.1. The third-order valence-electron chi connectivity index (χ3n) is 5.12. The first-order valence-corrected chi connectivity index (χ1v) is 9.96. The Labute approximate surface area is 175 Å². The molecule has 3 aromatic carbocycles. The van der Waals surface area contributed by atoms with E-state index in [0.29, 0.717) is 25.5 Å². The van der Waals surface area contributed by atoms with E-state index in [1.54, 1.807) is 11.9 Å². The highest BCUT2D eigenvalue weighted by atomic mass is 16.6. The Morgan fingerprint density at radius 3 is 2.60 bits per heavy atom. The van der Waals surface area contributed by atoms with Crippen molar-refractivity contribution in [1.29, 1.82) is 0 Å². The summed E-state index contributed by atoms with van der Waals surface area (Å²) in [6.45, 7) is 1.45. The highest BCUT2D eigenvalue weighted by Gasteiger charge is 2.15. The monoisotopic (exact) mass is 404 g/mol. The molecule has 0 radical (unpaired) electrons. The van der Waals surface area contributed by atoms with Gasteiger partial charge in [0, 0.05) is 13.6 Å². The standard InChI is InChI=1S/C24H24N2O4/c1-26(16-17-9-10-21-22(13-17)30-12-11-29-21)24(28)15-25-23(27)14-19-7-4-6-18-5-2-3-8-20(18)19/h2-10,13H,11-12,14-16H2,1H3,(H,25,27). The molecular weight excluding hydrogens is 380 g/mol. The predicted molar refractivity (Wildman–Crippen MR) is 115 cm³/mol. The second-order valence-corrected chi connectivity index (χ2v) is 7.32. The molecule has 0 aromatic heterocycles. The highest BCUT2D eigenvalue weighted by molar-refractivity contribution is 5.91. The maximum atomic E-state index is 12.5. The Morgan fingerprint density at radius 1 is 0.967 bits per heavy atom. The molecule has 0 aliphatic carbocycles. The minimum Gasteiger partial charge on any atom is -0.486 e. The zero-order valence-corrected chi connectivity index (χ0v) is 16.9. The average molecular weight is 404 g/mol. The molecule has 0 bridgehead atoms. The van der Waals surface area contributed by atoms with Crippen LogP contribution in [-0.4, -0.2) is 43.5 Å². The molecule has 0 unspecified atom stereocenters. The molecule has 1 aliphatic heterocycles. The molecule has 0 saturated heterocycles. The molecule has 3 aromatic rings. The quantitative estimate of drug-likeness (QED) is 0.686. The maximum absolute atomic E-state index is 12.5. The summed E-state index contributed by atoms with van der Waals surface area (Å²) >= 11 is 0. The number of ether oxygens (including phenoxy) is 2. The van der Waals surface area contributed by atoms with Crippen LogP contribution >= 0.6 is 0 Å². The first kappa shape index (κ1) is 19.8. The summed E-state index contributed by atoms with van der Waals surface area (Å²) in [5, 5.41) is 4.89. The minimum absolute atomic E-state index is 0.0371. The van der Waals surface area contributed by atoms with Gasteiger partial charge in [0.25, 0.3) is 0 Å². The molecule has 0 fully saturated rings. The number of carbonyl (C=O) groups is 2. The SMILES string of the molecule is CN(Cc1ccc2c(c1)OCCO2)C(=O)CNC(=O)Cc1cccc2ccccc12. The van der Waals surface area contributed by atoms with Gasteiger partial charge in [-0.2, -0.15) is 0 Å². The Bertz CT molecular complexity index is 1070. The number of benzene rings is 3. The van der Waals surface area contributed by atoms with Crippen LogP contribution in [0.25, 0.3) is 10.8 Å². The maximum Gasteiger partial charge on any atom is 0.242 e. The smallest absolute Gasteiger partial charge is 0.242 e. The van der Waals surface area contributed by atoms with Crippen LogP contribution in [0, 0.1) is 0 Å². The molecule has 0 atom stereocenters. The van der Waals surface area contributed by atoms with Crippen LogP contribution < -0.4 is 14.8 Å². The third-order valence-corrected chi connectivity index (χ3v) is 5.12. The van der Waals surface area contributed by atoms with E-state index in [1.807, 2.05) is 60.7 Å². The fourth-order valence-corrected chi connectivity index (χ4v) is 3.54. The molecule has 4 rings (SSSR count). The molecule has 1 N–H and O–H groups in total. The molecule has 6 nitrogen and oxygen atoms in total. The Balaban J connectivity index is 1.31. The van der Waals surface area contributed by atoms with Gasteiger partial charge in [0.15, 0.2) is 11.5 Å². The lowest BCUT2D eigenvalue weighted by atomic mass is 10.0. The van der Waals surface area contributed by atoms with Crippen LogP contribution in [0.4, 0.5) is 0 Å². The van der Waals surface area contributed by atoms with E-state index in [9.17, 15) is 9.59 Å². The molecule has 1 heterocycles. The second kappa shape index (κ2) is 8.86. The van der Waals surface area contributed by atoms with Gasteiger partial charge < -0.3 is 19.7 Å². The van der Waals surface area contributed by atoms with Gasteiger partial charge in [-0.1, -0.05) is 48.5 Å². The van der Waals surface area contributed by atoms with Gasteiger partial charge in [0.1, 0.15) is 13.2 Å². The molecule has 2 amide bonds. The van der Waals surface area contributed by atoms with Crippen molar-refractivity contribution < 1.29 is 19.1 Å². The van der Waals surface area contributed by atoms with Crippen molar-refractivity contribution in [3.05, 3.63) is 71.8 Å². The van der Waals surface area contributed by atoms with Gasteiger partial charge in [-0.15, -0.1) is 0 Å². The average Bonchev–Trinajstić information content (AvgIpc) is 2.77. The van der Waals surface area contributed by atoms with Gasteiger partial charge in [-0.05, 0) is 34.0 Å². The van der Waals surface area contributed by atoms with Crippen molar-refractivity contribution in [2.75, 3.05) is 26.8 Å². The van der Waals surface area contributed by atoms with Crippen LogP contribution in [0.2, 0.25) is 0 Å². The molecule has 0 saturated carbocycles. The summed E-state index contributed by atoms with van der Waals surface area (Å²) in [6.07, 6.45) is 0.237. The molecule has 1 aliphatic rings. The highest BCUT2D eigenvalue weighted by Crippen LogP contribution is 2.31. The number of hydrogen-bond acceptors (Lipinski definition) is 4. The number of hydrogen-bond donors (Lipinski definition) is 1. The number of carbonyl (C=O) groups excluding carboxylic acids is 2. The van der Waals surface area contributed by atoms with Crippen molar-refractivity contribution in [2.24, 2.45) is 0 Å². The van der Waals surface area contributed by atoms with Gasteiger partial charge in [0.05, 0.1) is 13.0 Å². The van der Waals surface area contributed by atoms with E-state index < -0.39 is 0 Å². The minimum atomic E-state index is -0.174. The van der Waals surface area contributed by atoms with Crippen LogP contribution in [-0.2, 0) is 22.6 Å². The van der Waals surface area contributed by atoms with E-state index in [2.05, 4.69) is 5.32 Å². The largest absolute Gasteiger partial charge is 0.486 e. The van der Waals surface area contributed by atoms with E-state index in [-0.39, 0.29) is 24.8 Å². The van der Waals surface area contributed by atoms with Crippen molar-refractivity contribution in [3.63, 3.8) is 0 Å². The summed E-state index contributed by atoms with van der Waals surface area (Å²) in [7, 11) is 1.72. The fraction of sp³-hybridized carbons (Fsp3) is 0.250. The van der Waals surface area contributed by atoms with Gasteiger partial charge in [0.2, 0.25) is 11.8 Å². The van der Waals surface area contributed by atoms with E-state index in [1.165, 1.54) is 0 Å².